The van der Waals surface area contributed by atoms with Crippen LogP contribution in [0.15, 0.2) is 36.5 Å². The second-order valence-corrected chi connectivity index (χ2v) is 5.26. The number of methoxy groups -OCH3 is 1. The molecule has 1 aromatic carbocycles. The Morgan fingerprint density at radius 3 is 2.48 bits per heavy atom. The topological polar surface area (TPSA) is 47.3 Å². The molecule has 1 atom stereocenters. The molecule has 4 heteroatoms. The lowest BCUT2D eigenvalue weighted by atomic mass is 9.85. The van der Waals surface area contributed by atoms with Crippen molar-refractivity contribution in [3.63, 3.8) is 0 Å². The molecule has 4 nitrogen and oxygen atoms in total. The van der Waals surface area contributed by atoms with E-state index in [1.165, 1.54) is 0 Å². The minimum Gasteiger partial charge on any atom is -0.493 e. The molecule has 0 aliphatic heterocycles. The molecule has 0 saturated carbocycles. The van der Waals surface area contributed by atoms with Gasteiger partial charge in [0.15, 0.2) is 5.75 Å². The molecule has 114 valence electrons. The first-order chi connectivity index (χ1) is 10.2. The Morgan fingerprint density at radius 2 is 1.90 bits per heavy atom. The SMILES string of the molecule is CCCn1ncc(OC)c1C(O)(CCC)c1ccccc1. The third-order valence-corrected chi connectivity index (χ3v) is 3.72. The number of hydrogen-bond donors (Lipinski definition) is 1. The number of ether oxygens (including phenoxy) is 1. The van der Waals surface area contributed by atoms with E-state index in [0.29, 0.717) is 12.2 Å². The first kappa shape index (κ1) is 15.6. The number of aryl methyl sites for hydroxylation is 1. The van der Waals surface area contributed by atoms with Gasteiger partial charge in [-0.3, -0.25) is 4.68 Å². The van der Waals surface area contributed by atoms with Crippen LogP contribution < -0.4 is 4.74 Å². The molecule has 1 aromatic heterocycles. The highest BCUT2D eigenvalue weighted by atomic mass is 16.5. The van der Waals surface area contributed by atoms with Gasteiger partial charge in [-0.15, -0.1) is 0 Å². The highest BCUT2D eigenvalue weighted by Crippen LogP contribution is 2.39. The summed E-state index contributed by atoms with van der Waals surface area (Å²) < 4.78 is 7.31. The molecule has 1 N–H and O–H groups in total. The Bertz CT molecular complexity index is 565. The molecule has 1 unspecified atom stereocenters. The van der Waals surface area contributed by atoms with Crippen LogP contribution in [0.5, 0.6) is 5.75 Å². The van der Waals surface area contributed by atoms with Crippen molar-refractivity contribution in [3.05, 3.63) is 47.8 Å². The van der Waals surface area contributed by atoms with E-state index in [9.17, 15) is 5.11 Å². The van der Waals surface area contributed by atoms with Gasteiger partial charge in [0, 0.05) is 6.54 Å². The van der Waals surface area contributed by atoms with E-state index >= 15 is 0 Å². The normalized spacial score (nSPS) is 13.9. The molecule has 21 heavy (non-hydrogen) atoms. The van der Waals surface area contributed by atoms with Crippen molar-refractivity contribution >= 4 is 0 Å². The van der Waals surface area contributed by atoms with Crippen molar-refractivity contribution in [3.8, 4) is 5.75 Å². The van der Waals surface area contributed by atoms with Gasteiger partial charge < -0.3 is 9.84 Å². The molecule has 0 bridgehead atoms. The predicted molar refractivity (Wildman–Crippen MR) is 83.4 cm³/mol. The molecule has 0 fully saturated rings. The highest BCUT2D eigenvalue weighted by Gasteiger charge is 2.37. The van der Waals surface area contributed by atoms with E-state index in [2.05, 4.69) is 18.9 Å². The van der Waals surface area contributed by atoms with Crippen LogP contribution >= 0.6 is 0 Å². The molecule has 2 rings (SSSR count). The number of hydrogen-bond acceptors (Lipinski definition) is 3. The zero-order valence-electron chi connectivity index (χ0n) is 13.0. The van der Waals surface area contributed by atoms with Gasteiger partial charge in [-0.25, -0.2) is 0 Å². The van der Waals surface area contributed by atoms with E-state index in [1.54, 1.807) is 13.3 Å². The highest BCUT2D eigenvalue weighted by molar-refractivity contribution is 5.40. The lowest BCUT2D eigenvalue weighted by molar-refractivity contribution is 0.0575. The molecule has 0 spiro atoms. The van der Waals surface area contributed by atoms with E-state index in [0.717, 1.165) is 30.6 Å². The van der Waals surface area contributed by atoms with Gasteiger partial charge in [0.25, 0.3) is 0 Å². The van der Waals surface area contributed by atoms with Crippen molar-refractivity contribution in [1.29, 1.82) is 0 Å². The molecule has 0 radical (unpaired) electrons. The first-order valence-corrected chi connectivity index (χ1v) is 7.55. The van der Waals surface area contributed by atoms with Gasteiger partial charge in [0.05, 0.1) is 13.3 Å². The smallest absolute Gasteiger partial charge is 0.163 e. The van der Waals surface area contributed by atoms with Crippen LogP contribution in [-0.4, -0.2) is 22.0 Å². The number of nitrogens with zero attached hydrogens (tertiary/aromatic N) is 2. The monoisotopic (exact) mass is 288 g/mol. The van der Waals surface area contributed by atoms with E-state index < -0.39 is 5.60 Å². The van der Waals surface area contributed by atoms with Crippen LogP contribution in [0.1, 0.15) is 44.4 Å². The van der Waals surface area contributed by atoms with Crippen molar-refractivity contribution in [2.75, 3.05) is 7.11 Å². The Morgan fingerprint density at radius 1 is 1.19 bits per heavy atom. The summed E-state index contributed by atoms with van der Waals surface area (Å²) in [4.78, 5) is 0. The predicted octanol–water partition coefficient (Wildman–Crippen LogP) is 3.34. The number of rotatable bonds is 7. The van der Waals surface area contributed by atoms with E-state index in [4.69, 9.17) is 4.74 Å². The molecular formula is C17H24N2O2. The van der Waals surface area contributed by atoms with Crippen LogP contribution in [0.4, 0.5) is 0 Å². The van der Waals surface area contributed by atoms with Crippen LogP contribution in [0.2, 0.25) is 0 Å². The van der Waals surface area contributed by atoms with Crippen LogP contribution in [0.3, 0.4) is 0 Å². The van der Waals surface area contributed by atoms with Crippen molar-refractivity contribution in [2.45, 2.75) is 45.3 Å². The van der Waals surface area contributed by atoms with Gasteiger partial charge in [-0.2, -0.15) is 5.10 Å². The summed E-state index contributed by atoms with van der Waals surface area (Å²) in [6, 6.07) is 9.76. The quantitative estimate of drug-likeness (QED) is 0.850. The maximum absolute atomic E-state index is 11.4. The van der Waals surface area contributed by atoms with Gasteiger partial charge in [0.1, 0.15) is 11.3 Å². The number of aliphatic hydroxyl groups is 1. The van der Waals surface area contributed by atoms with Gasteiger partial charge >= 0.3 is 0 Å². The summed E-state index contributed by atoms with van der Waals surface area (Å²) >= 11 is 0. The van der Waals surface area contributed by atoms with Gasteiger partial charge in [0.2, 0.25) is 0 Å². The second kappa shape index (κ2) is 6.76. The first-order valence-electron chi connectivity index (χ1n) is 7.55. The van der Waals surface area contributed by atoms with Crippen molar-refractivity contribution in [2.24, 2.45) is 0 Å². The van der Waals surface area contributed by atoms with Crippen LogP contribution in [-0.2, 0) is 12.1 Å². The summed E-state index contributed by atoms with van der Waals surface area (Å²) in [5, 5.41) is 15.8. The Kier molecular flexibility index (Phi) is 5.02. The van der Waals surface area contributed by atoms with Gasteiger partial charge in [-0.1, -0.05) is 50.6 Å². The number of benzene rings is 1. The van der Waals surface area contributed by atoms with Gasteiger partial charge in [-0.05, 0) is 18.4 Å². The van der Waals surface area contributed by atoms with E-state index in [-0.39, 0.29) is 0 Å². The zero-order valence-corrected chi connectivity index (χ0v) is 13.0. The third-order valence-electron chi connectivity index (χ3n) is 3.72. The average Bonchev–Trinajstić information content (AvgIpc) is 2.92. The lowest BCUT2D eigenvalue weighted by Crippen LogP contribution is -2.31. The summed E-state index contributed by atoms with van der Waals surface area (Å²) in [6.07, 6.45) is 4.14. The summed E-state index contributed by atoms with van der Waals surface area (Å²) in [5.74, 6) is 0.642. The lowest BCUT2D eigenvalue weighted by Gasteiger charge is -2.30. The van der Waals surface area contributed by atoms with Crippen LogP contribution in [0.25, 0.3) is 0 Å². The molecule has 2 aromatic rings. The number of aromatic nitrogens is 2. The minimum atomic E-state index is -1.08. The fourth-order valence-corrected chi connectivity index (χ4v) is 2.79. The largest absolute Gasteiger partial charge is 0.493 e. The Balaban J connectivity index is 2.59. The summed E-state index contributed by atoms with van der Waals surface area (Å²) in [7, 11) is 1.62. The maximum Gasteiger partial charge on any atom is 0.163 e. The van der Waals surface area contributed by atoms with E-state index in [1.807, 2.05) is 35.0 Å². The summed E-state index contributed by atoms with van der Waals surface area (Å²) in [5.41, 5.74) is 0.551. The third kappa shape index (κ3) is 2.95. The molecule has 0 aliphatic rings. The summed E-state index contributed by atoms with van der Waals surface area (Å²) in [6.45, 7) is 4.93. The Hall–Kier alpha value is -1.81. The molecule has 0 aliphatic carbocycles. The zero-order chi connectivity index (χ0) is 15.3. The Labute approximate surface area is 126 Å². The molecular weight excluding hydrogens is 264 g/mol. The average molecular weight is 288 g/mol. The fourth-order valence-electron chi connectivity index (χ4n) is 2.79. The van der Waals surface area contributed by atoms with Crippen molar-refractivity contribution < 1.29 is 9.84 Å². The maximum atomic E-state index is 11.4. The molecule has 1 heterocycles. The van der Waals surface area contributed by atoms with Crippen LogP contribution in [0, 0.1) is 0 Å². The molecule has 0 saturated heterocycles. The standard InChI is InChI=1S/C17H24N2O2/c1-4-11-17(20,14-9-7-6-8-10-14)16-15(21-3)13-18-19(16)12-5-2/h6-10,13,20H,4-5,11-12H2,1-3H3. The minimum absolute atomic E-state index is 0.628. The second-order valence-electron chi connectivity index (χ2n) is 5.26. The molecule has 0 amide bonds. The van der Waals surface area contributed by atoms with Crippen molar-refractivity contribution in [1.82, 2.24) is 9.78 Å². The fraction of sp³-hybridized carbons (Fsp3) is 0.471.